The molecule has 0 aliphatic rings. The van der Waals surface area contributed by atoms with E-state index in [2.05, 4.69) is 0 Å². The van der Waals surface area contributed by atoms with Crippen molar-refractivity contribution in [2.24, 2.45) is 17.1 Å². The summed E-state index contributed by atoms with van der Waals surface area (Å²) in [5.41, 5.74) is 5.48. The third-order valence-electron chi connectivity index (χ3n) is 1.75. The molecule has 0 bridgehead atoms. The number of rotatable bonds is 3. The number of carbonyl (C=O) groups excluding carboxylic acids is 1. The quantitative estimate of drug-likeness (QED) is 0.682. The molecule has 13 heavy (non-hydrogen) atoms. The van der Waals surface area contributed by atoms with Crippen LogP contribution in [0.15, 0.2) is 0 Å². The molecule has 0 aromatic heterocycles. The fraction of sp³-hybridized carbons (Fsp3) is 0.900. The van der Waals surface area contributed by atoms with E-state index in [0.29, 0.717) is 12.5 Å². The Morgan fingerprint density at radius 3 is 2.15 bits per heavy atom. The van der Waals surface area contributed by atoms with Crippen LogP contribution in [0, 0.1) is 11.3 Å². The van der Waals surface area contributed by atoms with E-state index in [1.807, 2.05) is 34.6 Å². The van der Waals surface area contributed by atoms with Crippen LogP contribution in [0.4, 0.5) is 0 Å². The van der Waals surface area contributed by atoms with Crippen LogP contribution in [0.1, 0.15) is 34.6 Å². The summed E-state index contributed by atoms with van der Waals surface area (Å²) in [6.07, 6.45) is 0. The topological polar surface area (TPSA) is 52.3 Å². The lowest BCUT2D eigenvalue weighted by Crippen LogP contribution is -2.43. The Morgan fingerprint density at radius 1 is 1.38 bits per heavy atom. The van der Waals surface area contributed by atoms with E-state index in [9.17, 15) is 4.79 Å². The van der Waals surface area contributed by atoms with Crippen LogP contribution in [0.25, 0.3) is 0 Å². The first-order chi connectivity index (χ1) is 5.75. The Balaban J connectivity index is 3.98. The van der Waals surface area contributed by atoms with Crippen molar-refractivity contribution < 1.29 is 9.53 Å². The molecule has 0 fully saturated rings. The lowest BCUT2D eigenvalue weighted by molar-refractivity contribution is -0.148. The van der Waals surface area contributed by atoms with Gasteiger partial charge in [0.2, 0.25) is 0 Å². The van der Waals surface area contributed by atoms with Crippen molar-refractivity contribution in [3.8, 4) is 0 Å². The van der Waals surface area contributed by atoms with Crippen molar-refractivity contribution in [1.82, 2.24) is 0 Å². The minimum atomic E-state index is -0.536. The molecule has 0 aromatic carbocycles. The molecule has 0 spiro atoms. The van der Waals surface area contributed by atoms with Crippen molar-refractivity contribution in [2.75, 3.05) is 6.61 Å². The Labute approximate surface area is 80.6 Å². The molecule has 0 saturated carbocycles. The number of ether oxygens (including phenoxy) is 1. The van der Waals surface area contributed by atoms with Crippen LogP contribution < -0.4 is 5.73 Å². The van der Waals surface area contributed by atoms with Crippen LogP contribution >= 0.6 is 0 Å². The van der Waals surface area contributed by atoms with E-state index in [4.69, 9.17) is 10.5 Å². The predicted octanol–water partition coefficient (Wildman–Crippen LogP) is 1.56. The van der Waals surface area contributed by atoms with E-state index in [-0.39, 0.29) is 11.4 Å². The molecule has 0 radical (unpaired) electrons. The summed E-state index contributed by atoms with van der Waals surface area (Å²) >= 11 is 0. The van der Waals surface area contributed by atoms with Gasteiger partial charge in [0, 0.05) is 0 Å². The number of hydrogen-bond acceptors (Lipinski definition) is 3. The molecule has 0 heterocycles. The van der Waals surface area contributed by atoms with E-state index in [1.54, 1.807) is 0 Å². The summed E-state index contributed by atoms with van der Waals surface area (Å²) < 4.78 is 5.03. The maximum Gasteiger partial charge on any atom is 0.323 e. The molecule has 0 aromatic rings. The lowest BCUT2D eigenvalue weighted by atomic mass is 9.87. The fourth-order valence-electron chi connectivity index (χ4n) is 0.692. The molecule has 78 valence electrons. The molecule has 1 atom stereocenters. The molecule has 2 N–H and O–H groups in total. The van der Waals surface area contributed by atoms with Gasteiger partial charge in [0.05, 0.1) is 6.61 Å². The number of esters is 1. The molecule has 0 rings (SSSR count). The van der Waals surface area contributed by atoms with Gasteiger partial charge in [0.1, 0.15) is 6.04 Å². The summed E-state index contributed by atoms with van der Waals surface area (Å²) in [5.74, 6) is 0.0531. The maximum absolute atomic E-state index is 11.3. The van der Waals surface area contributed by atoms with Gasteiger partial charge in [-0.15, -0.1) is 0 Å². The molecule has 0 aliphatic carbocycles. The number of hydrogen-bond donors (Lipinski definition) is 1. The summed E-state index contributed by atoms with van der Waals surface area (Å²) in [7, 11) is 0. The van der Waals surface area contributed by atoms with Crippen LogP contribution in [-0.2, 0) is 9.53 Å². The van der Waals surface area contributed by atoms with Gasteiger partial charge >= 0.3 is 5.97 Å². The molecule has 0 aliphatic heterocycles. The van der Waals surface area contributed by atoms with E-state index >= 15 is 0 Å². The van der Waals surface area contributed by atoms with Crippen molar-refractivity contribution in [2.45, 2.75) is 40.7 Å². The third-order valence-corrected chi connectivity index (χ3v) is 1.75. The lowest BCUT2D eigenvalue weighted by Gasteiger charge is -2.25. The normalized spacial score (nSPS) is 14.4. The standard InChI is InChI=1S/C10H21NO2/c1-7(2)6-13-9(12)8(11)10(3,4)5/h7-8H,6,11H2,1-5H3. The Kier molecular flexibility index (Phi) is 4.40. The summed E-state index contributed by atoms with van der Waals surface area (Å²) in [5, 5.41) is 0. The molecular weight excluding hydrogens is 166 g/mol. The zero-order chi connectivity index (χ0) is 10.6. The van der Waals surface area contributed by atoms with Gasteiger partial charge in [-0.2, -0.15) is 0 Å². The second-order valence-electron chi connectivity index (χ2n) is 4.87. The summed E-state index contributed by atoms with van der Waals surface area (Å²) in [6.45, 7) is 10.2. The molecule has 0 amide bonds. The first kappa shape index (κ1) is 12.4. The van der Waals surface area contributed by atoms with Gasteiger partial charge in [-0.25, -0.2) is 0 Å². The van der Waals surface area contributed by atoms with Crippen molar-refractivity contribution in [3.63, 3.8) is 0 Å². The third kappa shape index (κ3) is 4.88. The zero-order valence-corrected chi connectivity index (χ0v) is 9.26. The molecular formula is C10H21NO2. The minimum absolute atomic E-state index is 0.228. The Morgan fingerprint density at radius 2 is 1.85 bits per heavy atom. The second kappa shape index (κ2) is 4.61. The highest BCUT2D eigenvalue weighted by Crippen LogP contribution is 2.18. The molecule has 3 heteroatoms. The van der Waals surface area contributed by atoms with Gasteiger partial charge < -0.3 is 10.5 Å². The average Bonchev–Trinajstić information content (AvgIpc) is 1.96. The highest BCUT2D eigenvalue weighted by molar-refractivity contribution is 5.76. The Hall–Kier alpha value is -0.570. The van der Waals surface area contributed by atoms with Crippen molar-refractivity contribution in [1.29, 1.82) is 0 Å². The summed E-state index contributed by atoms with van der Waals surface area (Å²) in [6, 6.07) is -0.536. The fourth-order valence-corrected chi connectivity index (χ4v) is 0.692. The number of nitrogens with two attached hydrogens (primary N) is 1. The molecule has 1 unspecified atom stereocenters. The van der Waals surface area contributed by atoms with Gasteiger partial charge in [-0.1, -0.05) is 34.6 Å². The zero-order valence-electron chi connectivity index (χ0n) is 9.26. The highest BCUT2D eigenvalue weighted by Gasteiger charge is 2.28. The first-order valence-corrected chi connectivity index (χ1v) is 4.67. The van der Waals surface area contributed by atoms with Crippen LogP contribution in [0.2, 0.25) is 0 Å². The number of carbonyl (C=O) groups is 1. The van der Waals surface area contributed by atoms with Crippen LogP contribution in [0.5, 0.6) is 0 Å². The minimum Gasteiger partial charge on any atom is -0.464 e. The highest BCUT2D eigenvalue weighted by atomic mass is 16.5. The SMILES string of the molecule is CC(C)COC(=O)C(N)C(C)(C)C. The largest absolute Gasteiger partial charge is 0.464 e. The van der Waals surface area contributed by atoms with Crippen molar-refractivity contribution in [3.05, 3.63) is 0 Å². The van der Waals surface area contributed by atoms with Gasteiger partial charge in [0.15, 0.2) is 0 Å². The van der Waals surface area contributed by atoms with Gasteiger partial charge in [-0.3, -0.25) is 4.79 Å². The molecule has 3 nitrogen and oxygen atoms in total. The molecule has 0 saturated heterocycles. The second-order valence-corrected chi connectivity index (χ2v) is 4.87. The van der Waals surface area contributed by atoms with E-state index < -0.39 is 6.04 Å². The summed E-state index contributed by atoms with van der Waals surface area (Å²) in [4.78, 5) is 11.3. The van der Waals surface area contributed by atoms with Crippen LogP contribution in [0.3, 0.4) is 0 Å². The van der Waals surface area contributed by atoms with E-state index in [0.717, 1.165) is 0 Å². The predicted molar refractivity (Wildman–Crippen MR) is 53.2 cm³/mol. The first-order valence-electron chi connectivity index (χ1n) is 4.67. The monoisotopic (exact) mass is 187 g/mol. The average molecular weight is 187 g/mol. The van der Waals surface area contributed by atoms with Crippen molar-refractivity contribution >= 4 is 5.97 Å². The van der Waals surface area contributed by atoms with Gasteiger partial charge in [-0.05, 0) is 11.3 Å². The van der Waals surface area contributed by atoms with Gasteiger partial charge in [0.25, 0.3) is 0 Å². The Bertz CT molecular complexity index is 170. The van der Waals surface area contributed by atoms with Crippen LogP contribution in [-0.4, -0.2) is 18.6 Å². The maximum atomic E-state index is 11.3. The smallest absolute Gasteiger partial charge is 0.323 e. The van der Waals surface area contributed by atoms with E-state index in [1.165, 1.54) is 0 Å².